The fourth-order valence-electron chi connectivity index (χ4n) is 0. The maximum atomic E-state index is 3.11. The Labute approximate surface area is 118 Å². The molecule has 0 saturated heterocycles. The molecule has 0 aliphatic heterocycles. The van der Waals surface area contributed by atoms with Crippen LogP contribution < -0.4 is 0 Å². The van der Waals surface area contributed by atoms with Crippen molar-refractivity contribution in [2.24, 2.45) is 11.8 Å². The van der Waals surface area contributed by atoms with E-state index in [2.05, 4.69) is 36.5 Å². The third-order valence-electron chi connectivity index (χ3n) is 0.471. The quantitative estimate of drug-likeness (QED) is 0.373. The van der Waals surface area contributed by atoms with Crippen LogP contribution in [-0.4, -0.2) is 8.80 Å². The van der Waals surface area contributed by atoms with Crippen molar-refractivity contribution < 1.29 is 71.2 Å². The Morgan fingerprint density at radius 1 is 0.750 bits per heavy atom. The summed E-state index contributed by atoms with van der Waals surface area (Å²) >= 11 is 6.24. The van der Waals surface area contributed by atoms with E-state index in [0.29, 0.717) is 11.8 Å². The van der Waals surface area contributed by atoms with Crippen molar-refractivity contribution in [1.29, 1.82) is 0 Å². The van der Waals surface area contributed by atoms with E-state index in [0.717, 1.165) is 0 Å². The molecule has 0 N–H and O–H groups in total. The van der Waals surface area contributed by atoms with E-state index >= 15 is 0 Å². The summed E-state index contributed by atoms with van der Waals surface area (Å²) in [7, 11) is 0. The van der Waals surface area contributed by atoms with Crippen molar-refractivity contribution in [1.82, 2.24) is 0 Å². The molecule has 12 heavy (non-hydrogen) atoms. The van der Waals surface area contributed by atoms with Gasteiger partial charge in [-0.05, 0) is 0 Å². The van der Waals surface area contributed by atoms with E-state index in [9.17, 15) is 0 Å². The molecule has 0 atom stereocenters. The molecule has 0 aliphatic rings. The molecule has 0 aromatic rings. The second kappa shape index (κ2) is 19.1. The van der Waals surface area contributed by atoms with Gasteiger partial charge in [0, 0.05) is 0 Å². The van der Waals surface area contributed by atoms with E-state index in [4.69, 9.17) is 0 Å². The molecule has 0 rings (SSSR count). The van der Waals surface area contributed by atoms with Crippen LogP contribution in [0.2, 0.25) is 0 Å². The van der Waals surface area contributed by atoms with Crippen LogP contribution in [0.1, 0.15) is 27.7 Å². The van der Waals surface area contributed by atoms with Gasteiger partial charge in [-0.15, -0.1) is 0 Å². The molecule has 0 amide bonds. The summed E-state index contributed by atoms with van der Waals surface area (Å²) < 4.78 is 6.22. The van der Waals surface area contributed by atoms with Gasteiger partial charge in [0.25, 0.3) is 0 Å². The molecule has 0 aromatic heterocycles. The van der Waals surface area contributed by atoms with Crippen LogP contribution in [0.5, 0.6) is 0 Å². The molecular formula is C8H14W4-2. The summed E-state index contributed by atoms with van der Waals surface area (Å²) in [6.07, 6.45) is 0. The topological polar surface area (TPSA) is 0 Å². The van der Waals surface area contributed by atoms with Gasteiger partial charge in [-0.2, -0.15) is 0 Å². The Morgan fingerprint density at radius 3 is 0.833 bits per heavy atom. The molecular weight excluding hydrogens is 831 g/mol. The van der Waals surface area contributed by atoms with Crippen LogP contribution in [0.4, 0.5) is 0 Å². The van der Waals surface area contributed by atoms with Crippen LogP contribution in [-0.2, 0) is 71.2 Å². The van der Waals surface area contributed by atoms with Crippen LogP contribution in [0.25, 0.3) is 0 Å². The van der Waals surface area contributed by atoms with Gasteiger partial charge >= 0.3 is 119 Å². The predicted molar refractivity (Wildman–Crippen MR) is 39.7 cm³/mol. The normalized spacial score (nSPS) is 7.50. The fraction of sp³-hybridized carbons (Fsp3) is 0.750. The first kappa shape index (κ1) is 20.0. The van der Waals surface area contributed by atoms with Crippen molar-refractivity contribution in [3.63, 3.8) is 0 Å². The zero-order chi connectivity index (χ0) is 10.6. The molecule has 0 heterocycles. The van der Waals surface area contributed by atoms with Crippen LogP contribution in [0, 0.1) is 11.8 Å². The molecule has 72 valence electrons. The minimum absolute atomic E-state index is 0.671. The number of hydrogen-bond acceptors (Lipinski definition) is 0. The number of rotatable bonds is 2. The third-order valence-corrected chi connectivity index (χ3v) is 3.86. The Hall–Kier alpha value is 2.49. The zero-order valence-corrected chi connectivity index (χ0v) is 19.5. The Morgan fingerprint density at radius 2 is 0.833 bits per heavy atom. The van der Waals surface area contributed by atoms with Gasteiger partial charge in [-0.25, -0.2) is 0 Å². The standard InChI is InChI=1S/2C4H7.4W/c2*1-4(2)3;;;;/h2*4H,1-2H3;;;;/q2*-1;;;;. The summed E-state index contributed by atoms with van der Waals surface area (Å²) in [6.45, 7) is 8.53. The molecule has 0 spiro atoms. The first-order valence-electron chi connectivity index (χ1n) is 3.46. The molecule has 0 aromatic carbocycles. The zero-order valence-electron chi connectivity index (χ0n) is 7.79. The van der Waals surface area contributed by atoms with Gasteiger partial charge in [-0.1, -0.05) is 0 Å². The molecule has 0 saturated carbocycles. The van der Waals surface area contributed by atoms with Gasteiger partial charge in [0.2, 0.25) is 0 Å². The van der Waals surface area contributed by atoms with E-state index in [1.165, 1.54) is 38.7 Å². The number of hydrogen-bond donors (Lipinski definition) is 0. The maximum absolute atomic E-state index is 3.11. The molecule has 4 heteroatoms. The third kappa shape index (κ3) is 39.1. The van der Waals surface area contributed by atoms with Gasteiger partial charge in [0.1, 0.15) is 0 Å². The van der Waals surface area contributed by atoms with Crippen molar-refractivity contribution in [3.8, 4) is 0 Å². The Bertz CT molecular complexity index is 87.2. The van der Waals surface area contributed by atoms with Crippen molar-refractivity contribution in [2.75, 3.05) is 0 Å². The molecule has 0 nitrogen and oxygen atoms in total. The van der Waals surface area contributed by atoms with Crippen LogP contribution in [0.15, 0.2) is 0 Å². The SMILES string of the molecule is CC(C)[C-]=[W].CC(C)[C-]=[W].[W]=[W]. The van der Waals surface area contributed by atoms with E-state index in [1.54, 1.807) is 32.4 Å². The second-order valence-electron chi connectivity index (χ2n) is 2.55. The molecule has 0 fully saturated rings. The van der Waals surface area contributed by atoms with Crippen LogP contribution in [0.3, 0.4) is 0 Å². The molecule has 0 radical (unpaired) electrons. The first-order chi connectivity index (χ1) is 5.54. The Kier molecular flexibility index (Phi) is 31.8. The first-order valence-corrected chi connectivity index (χ1v) is 17.4. The molecule has 0 aliphatic carbocycles. The van der Waals surface area contributed by atoms with E-state index < -0.39 is 0 Å². The van der Waals surface area contributed by atoms with Gasteiger partial charge in [-0.3, -0.25) is 0 Å². The van der Waals surface area contributed by atoms with Gasteiger partial charge in [0.05, 0.1) is 0 Å². The van der Waals surface area contributed by atoms with Crippen molar-refractivity contribution in [2.45, 2.75) is 27.7 Å². The molecule has 0 bridgehead atoms. The summed E-state index contributed by atoms with van der Waals surface area (Å²) in [5.41, 5.74) is 0. The summed E-state index contributed by atoms with van der Waals surface area (Å²) in [5, 5.41) is 0. The monoisotopic (exact) mass is 846 g/mol. The fourth-order valence-corrected chi connectivity index (χ4v) is 0. The average molecular weight is 846 g/mol. The van der Waals surface area contributed by atoms with Gasteiger partial charge in [0.15, 0.2) is 0 Å². The van der Waals surface area contributed by atoms with Crippen molar-refractivity contribution >= 4 is 8.80 Å². The summed E-state index contributed by atoms with van der Waals surface area (Å²) in [5.74, 6) is 1.34. The minimum atomic E-state index is 0.671. The van der Waals surface area contributed by atoms with E-state index in [-0.39, 0.29) is 0 Å². The average Bonchev–Trinajstić information content (AvgIpc) is 2.09. The summed E-state index contributed by atoms with van der Waals surface area (Å²) in [4.78, 5) is 0. The molecule has 0 unspecified atom stereocenters. The van der Waals surface area contributed by atoms with Crippen LogP contribution >= 0.6 is 0 Å². The predicted octanol–water partition coefficient (Wildman–Crippen LogP) is 1.73. The van der Waals surface area contributed by atoms with Crippen molar-refractivity contribution in [3.05, 3.63) is 0 Å². The Balaban J connectivity index is -0.000000112. The second-order valence-corrected chi connectivity index (χ2v) is 4.24. The van der Waals surface area contributed by atoms with E-state index in [1.807, 2.05) is 0 Å². The van der Waals surface area contributed by atoms with Gasteiger partial charge < -0.3 is 0 Å². The summed E-state index contributed by atoms with van der Waals surface area (Å²) in [6, 6.07) is 0.